The molecular formula is C15H19F2NO2. The molecule has 0 fully saturated rings. The van der Waals surface area contributed by atoms with Crippen LogP contribution in [0.1, 0.15) is 37.4 Å². The summed E-state index contributed by atoms with van der Waals surface area (Å²) in [6.45, 7) is 2.98. The largest absolute Gasteiger partial charge is 0.390 e. The summed E-state index contributed by atoms with van der Waals surface area (Å²) < 4.78 is 25.0. The van der Waals surface area contributed by atoms with E-state index < -0.39 is 36.3 Å². The van der Waals surface area contributed by atoms with E-state index in [4.69, 9.17) is 0 Å². The van der Waals surface area contributed by atoms with Crippen molar-refractivity contribution in [2.45, 2.75) is 45.3 Å². The highest BCUT2D eigenvalue weighted by molar-refractivity contribution is 5.82. The number of nitrogens with one attached hydrogen (secondary N) is 1. The van der Waals surface area contributed by atoms with Gasteiger partial charge in [0.25, 0.3) is 0 Å². The zero-order valence-electron chi connectivity index (χ0n) is 11.6. The lowest BCUT2D eigenvalue weighted by Gasteiger charge is -2.27. The Morgan fingerprint density at radius 3 is 2.75 bits per heavy atom. The Hall–Kier alpha value is -1.49. The fourth-order valence-electron chi connectivity index (χ4n) is 2.56. The molecule has 0 spiro atoms. The summed E-state index contributed by atoms with van der Waals surface area (Å²) in [6.07, 6.45) is -3.27. The number of aliphatic hydroxyl groups is 1. The molecule has 0 aliphatic heterocycles. The summed E-state index contributed by atoms with van der Waals surface area (Å²) in [5.74, 6) is -0.460. The summed E-state index contributed by atoms with van der Waals surface area (Å²) in [4.78, 5) is 12.2. The van der Waals surface area contributed by atoms with Crippen molar-refractivity contribution in [2.24, 2.45) is 5.41 Å². The van der Waals surface area contributed by atoms with Crippen LogP contribution in [0.2, 0.25) is 0 Å². The SMILES string of the molecule is CC(C)(CC(F)F)C(=O)N[C@H]1c2ccccc2C[C@H]1O. The van der Waals surface area contributed by atoms with Gasteiger partial charge in [0.15, 0.2) is 0 Å². The van der Waals surface area contributed by atoms with Crippen molar-refractivity contribution in [3.63, 3.8) is 0 Å². The third-order valence-corrected chi connectivity index (χ3v) is 3.77. The van der Waals surface area contributed by atoms with Gasteiger partial charge in [-0.25, -0.2) is 8.78 Å². The number of hydrogen-bond donors (Lipinski definition) is 2. The first-order chi connectivity index (χ1) is 9.31. The topological polar surface area (TPSA) is 49.3 Å². The quantitative estimate of drug-likeness (QED) is 0.891. The Balaban J connectivity index is 2.12. The van der Waals surface area contributed by atoms with Crippen LogP contribution < -0.4 is 5.32 Å². The molecule has 1 amide bonds. The molecule has 0 unspecified atom stereocenters. The van der Waals surface area contributed by atoms with E-state index in [9.17, 15) is 18.7 Å². The number of amides is 1. The summed E-state index contributed by atoms with van der Waals surface area (Å²) in [5, 5.41) is 12.8. The third-order valence-electron chi connectivity index (χ3n) is 3.77. The van der Waals surface area contributed by atoms with Crippen molar-refractivity contribution in [3.8, 4) is 0 Å². The van der Waals surface area contributed by atoms with E-state index in [2.05, 4.69) is 5.32 Å². The lowest BCUT2D eigenvalue weighted by molar-refractivity contribution is -0.133. The Morgan fingerprint density at radius 1 is 1.45 bits per heavy atom. The number of alkyl halides is 2. The minimum atomic E-state index is -2.53. The smallest absolute Gasteiger partial charge is 0.239 e. The molecule has 1 aliphatic rings. The maximum atomic E-state index is 12.5. The van der Waals surface area contributed by atoms with Crippen molar-refractivity contribution >= 4 is 5.91 Å². The molecule has 1 aromatic carbocycles. The second-order valence-corrected chi connectivity index (χ2v) is 5.90. The molecule has 20 heavy (non-hydrogen) atoms. The lowest BCUT2D eigenvalue weighted by Crippen LogP contribution is -2.42. The van der Waals surface area contributed by atoms with E-state index in [0.717, 1.165) is 11.1 Å². The van der Waals surface area contributed by atoms with Crippen molar-refractivity contribution in [2.75, 3.05) is 0 Å². The molecule has 0 radical (unpaired) electrons. The number of rotatable bonds is 4. The molecule has 3 nitrogen and oxygen atoms in total. The molecule has 2 rings (SSSR count). The lowest BCUT2D eigenvalue weighted by atomic mass is 9.88. The number of fused-ring (bicyclic) bond motifs is 1. The molecule has 0 saturated carbocycles. The van der Waals surface area contributed by atoms with E-state index in [1.54, 1.807) is 0 Å². The van der Waals surface area contributed by atoms with E-state index >= 15 is 0 Å². The van der Waals surface area contributed by atoms with Crippen LogP contribution in [0, 0.1) is 5.41 Å². The fraction of sp³-hybridized carbons (Fsp3) is 0.533. The van der Waals surface area contributed by atoms with E-state index in [1.165, 1.54) is 13.8 Å². The summed E-state index contributed by atoms with van der Waals surface area (Å²) in [7, 11) is 0. The number of hydrogen-bond acceptors (Lipinski definition) is 2. The van der Waals surface area contributed by atoms with E-state index in [0.29, 0.717) is 6.42 Å². The van der Waals surface area contributed by atoms with Crippen molar-refractivity contribution in [1.82, 2.24) is 5.32 Å². The van der Waals surface area contributed by atoms with Gasteiger partial charge in [-0.15, -0.1) is 0 Å². The molecule has 0 heterocycles. The minimum absolute atomic E-state index is 0.460. The number of carbonyl (C=O) groups excluding carboxylic acids is 1. The minimum Gasteiger partial charge on any atom is -0.390 e. The number of aliphatic hydroxyl groups excluding tert-OH is 1. The molecule has 1 aliphatic carbocycles. The molecule has 0 aromatic heterocycles. The maximum Gasteiger partial charge on any atom is 0.239 e. The molecule has 1 aromatic rings. The van der Waals surface area contributed by atoms with Crippen LogP contribution in [-0.4, -0.2) is 23.5 Å². The third kappa shape index (κ3) is 2.98. The maximum absolute atomic E-state index is 12.5. The zero-order chi connectivity index (χ0) is 14.9. The van der Waals surface area contributed by atoms with Crippen LogP contribution in [0.15, 0.2) is 24.3 Å². The predicted molar refractivity (Wildman–Crippen MR) is 71.4 cm³/mol. The van der Waals surface area contributed by atoms with Gasteiger partial charge in [0.1, 0.15) is 0 Å². The summed E-state index contributed by atoms with van der Waals surface area (Å²) in [6, 6.07) is 6.93. The second kappa shape index (κ2) is 5.48. The number of benzene rings is 1. The number of carbonyl (C=O) groups is 1. The van der Waals surface area contributed by atoms with Crippen LogP contribution in [0.25, 0.3) is 0 Å². The van der Waals surface area contributed by atoms with Crippen molar-refractivity contribution in [3.05, 3.63) is 35.4 Å². The van der Waals surface area contributed by atoms with Crippen LogP contribution in [0.4, 0.5) is 8.78 Å². The van der Waals surface area contributed by atoms with Gasteiger partial charge in [-0.1, -0.05) is 38.1 Å². The van der Waals surface area contributed by atoms with E-state index in [1.807, 2.05) is 24.3 Å². The van der Waals surface area contributed by atoms with Gasteiger partial charge in [-0.2, -0.15) is 0 Å². The highest BCUT2D eigenvalue weighted by atomic mass is 19.3. The highest BCUT2D eigenvalue weighted by Gasteiger charge is 2.37. The normalized spacial score (nSPS) is 21.9. The van der Waals surface area contributed by atoms with Crippen LogP contribution >= 0.6 is 0 Å². The van der Waals surface area contributed by atoms with Gasteiger partial charge < -0.3 is 10.4 Å². The summed E-state index contributed by atoms with van der Waals surface area (Å²) in [5.41, 5.74) is 0.684. The molecule has 0 bridgehead atoms. The van der Waals surface area contributed by atoms with Crippen molar-refractivity contribution < 1.29 is 18.7 Å². The first-order valence-electron chi connectivity index (χ1n) is 6.66. The second-order valence-electron chi connectivity index (χ2n) is 5.90. The van der Waals surface area contributed by atoms with Crippen LogP contribution in [0.5, 0.6) is 0 Å². The molecule has 2 N–H and O–H groups in total. The van der Waals surface area contributed by atoms with Gasteiger partial charge in [0.05, 0.1) is 12.1 Å². The van der Waals surface area contributed by atoms with Gasteiger partial charge >= 0.3 is 0 Å². The Bertz CT molecular complexity index is 502. The van der Waals surface area contributed by atoms with Gasteiger partial charge in [0, 0.05) is 18.3 Å². The molecule has 0 saturated heterocycles. The predicted octanol–water partition coefficient (Wildman–Crippen LogP) is 2.44. The zero-order valence-corrected chi connectivity index (χ0v) is 11.6. The first kappa shape index (κ1) is 14.9. The Morgan fingerprint density at radius 2 is 2.10 bits per heavy atom. The van der Waals surface area contributed by atoms with Gasteiger partial charge in [0.2, 0.25) is 12.3 Å². The molecule has 110 valence electrons. The molecule has 2 atom stereocenters. The average Bonchev–Trinajstić information content (AvgIpc) is 2.64. The van der Waals surface area contributed by atoms with Gasteiger partial charge in [-0.3, -0.25) is 4.79 Å². The Kier molecular flexibility index (Phi) is 4.09. The van der Waals surface area contributed by atoms with Crippen molar-refractivity contribution in [1.29, 1.82) is 0 Å². The van der Waals surface area contributed by atoms with Crippen LogP contribution in [0.3, 0.4) is 0 Å². The van der Waals surface area contributed by atoms with E-state index in [-0.39, 0.29) is 0 Å². The number of halogens is 2. The monoisotopic (exact) mass is 283 g/mol. The summed E-state index contributed by atoms with van der Waals surface area (Å²) >= 11 is 0. The fourth-order valence-corrected chi connectivity index (χ4v) is 2.56. The van der Waals surface area contributed by atoms with Gasteiger partial charge in [-0.05, 0) is 11.1 Å². The average molecular weight is 283 g/mol. The highest BCUT2D eigenvalue weighted by Crippen LogP contribution is 2.33. The first-order valence-corrected chi connectivity index (χ1v) is 6.66. The molecular weight excluding hydrogens is 264 g/mol. The molecule has 5 heteroatoms. The standard InChI is InChI=1S/C15H19F2NO2/c1-15(2,8-12(16)17)14(20)18-13-10-6-4-3-5-9(10)7-11(13)19/h3-6,11-13,19H,7-8H2,1-2H3,(H,18,20)/t11-,13+/m1/s1. The van der Waals surface area contributed by atoms with Crippen LogP contribution in [-0.2, 0) is 11.2 Å². The Labute approximate surface area is 117 Å².